The van der Waals surface area contributed by atoms with Crippen molar-refractivity contribution in [3.05, 3.63) is 40.9 Å². The molecule has 3 heteroatoms. The van der Waals surface area contributed by atoms with Crippen molar-refractivity contribution in [1.29, 1.82) is 0 Å². The molecule has 0 fully saturated rings. The van der Waals surface area contributed by atoms with E-state index in [1.807, 2.05) is 6.92 Å². The zero-order valence-electron chi connectivity index (χ0n) is 11.0. The lowest BCUT2D eigenvalue weighted by Crippen LogP contribution is -2.17. The first-order valence-corrected chi connectivity index (χ1v) is 7.36. The topological polar surface area (TPSA) is 38.9 Å². The predicted molar refractivity (Wildman–Crippen MR) is 78.9 cm³/mol. The van der Waals surface area contributed by atoms with E-state index in [0.29, 0.717) is 0 Å². The highest BCUT2D eigenvalue weighted by Crippen LogP contribution is 2.24. The minimum absolute atomic E-state index is 0.173. The number of thiazole rings is 1. The molecule has 96 valence electrons. The van der Waals surface area contributed by atoms with Gasteiger partial charge in [0.1, 0.15) is 5.01 Å². The van der Waals surface area contributed by atoms with Crippen LogP contribution in [0.4, 0.5) is 0 Å². The first kappa shape index (κ1) is 13.2. The lowest BCUT2D eigenvalue weighted by atomic mass is 10.1. The van der Waals surface area contributed by atoms with Gasteiger partial charge in [-0.3, -0.25) is 0 Å². The van der Waals surface area contributed by atoms with Gasteiger partial charge >= 0.3 is 0 Å². The summed E-state index contributed by atoms with van der Waals surface area (Å²) in [7, 11) is 0. The Morgan fingerprint density at radius 3 is 2.61 bits per heavy atom. The van der Waals surface area contributed by atoms with Gasteiger partial charge < -0.3 is 5.73 Å². The molecule has 1 unspecified atom stereocenters. The lowest BCUT2D eigenvalue weighted by molar-refractivity contribution is 0.726. The van der Waals surface area contributed by atoms with Crippen LogP contribution >= 0.6 is 11.3 Å². The number of nitrogens with zero attached hydrogens (tertiary/aromatic N) is 1. The van der Waals surface area contributed by atoms with Gasteiger partial charge in [-0.15, -0.1) is 11.3 Å². The van der Waals surface area contributed by atoms with E-state index in [0.717, 1.165) is 23.5 Å². The van der Waals surface area contributed by atoms with Crippen molar-refractivity contribution in [3.8, 4) is 10.6 Å². The van der Waals surface area contributed by atoms with Crippen LogP contribution in [0.5, 0.6) is 0 Å². The monoisotopic (exact) mass is 260 g/mol. The van der Waals surface area contributed by atoms with Crippen LogP contribution in [0.25, 0.3) is 10.6 Å². The standard InChI is InChI=1S/C15H20N2S/c1-3-4-12-5-7-13(8-6-12)15-17-14(10-18-15)9-11(2)16/h5-8,10-11H,3-4,9,16H2,1-2H3. The van der Waals surface area contributed by atoms with Crippen LogP contribution in [-0.4, -0.2) is 11.0 Å². The van der Waals surface area contributed by atoms with Gasteiger partial charge in [0, 0.05) is 23.4 Å². The van der Waals surface area contributed by atoms with Crippen LogP contribution in [0.1, 0.15) is 31.5 Å². The summed E-state index contributed by atoms with van der Waals surface area (Å²) in [6.07, 6.45) is 3.19. The molecule has 2 rings (SSSR count). The number of rotatable bonds is 5. The third-order valence-corrected chi connectivity index (χ3v) is 3.76. The third kappa shape index (κ3) is 3.40. The summed E-state index contributed by atoms with van der Waals surface area (Å²) < 4.78 is 0. The molecule has 2 aromatic rings. The molecule has 2 N–H and O–H groups in total. The third-order valence-electron chi connectivity index (χ3n) is 2.82. The van der Waals surface area contributed by atoms with E-state index >= 15 is 0 Å². The summed E-state index contributed by atoms with van der Waals surface area (Å²) in [4.78, 5) is 4.63. The lowest BCUT2D eigenvalue weighted by Gasteiger charge is -2.01. The molecule has 0 aliphatic carbocycles. The quantitative estimate of drug-likeness (QED) is 0.891. The summed E-state index contributed by atoms with van der Waals surface area (Å²) >= 11 is 1.70. The maximum atomic E-state index is 5.79. The van der Waals surface area contributed by atoms with Crippen molar-refractivity contribution in [2.75, 3.05) is 0 Å². The van der Waals surface area contributed by atoms with Crippen molar-refractivity contribution in [3.63, 3.8) is 0 Å². The van der Waals surface area contributed by atoms with Crippen molar-refractivity contribution < 1.29 is 0 Å². The second-order valence-electron chi connectivity index (χ2n) is 4.77. The molecule has 0 spiro atoms. The summed E-state index contributed by atoms with van der Waals surface area (Å²) in [5, 5.41) is 3.20. The molecule has 2 nitrogen and oxygen atoms in total. The second kappa shape index (κ2) is 6.12. The smallest absolute Gasteiger partial charge is 0.123 e. The van der Waals surface area contributed by atoms with E-state index in [4.69, 9.17) is 5.73 Å². The molecule has 1 atom stereocenters. The fourth-order valence-electron chi connectivity index (χ4n) is 1.97. The van der Waals surface area contributed by atoms with Crippen LogP contribution in [0.3, 0.4) is 0 Å². The van der Waals surface area contributed by atoms with Gasteiger partial charge in [0.25, 0.3) is 0 Å². The average molecular weight is 260 g/mol. The van der Waals surface area contributed by atoms with Crippen LogP contribution in [-0.2, 0) is 12.8 Å². The normalized spacial score (nSPS) is 12.6. The largest absolute Gasteiger partial charge is 0.328 e. The minimum Gasteiger partial charge on any atom is -0.328 e. The molecule has 1 aromatic carbocycles. The van der Waals surface area contributed by atoms with Gasteiger partial charge in [-0.1, -0.05) is 37.6 Å². The Kier molecular flexibility index (Phi) is 4.50. The molecule has 0 aliphatic heterocycles. The maximum absolute atomic E-state index is 5.79. The summed E-state index contributed by atoms with van der Waals surface area (Å²) in [5.41, 5.74) is 9.49. The molecule has 0 bridgehead atoms. The van der Waals surface area contributed by atoms with E-state index in [2.05, 4.69) is 41.6 Å². The molecule has 0 radical (unpaired) electrons. The Morgan fingerprint density at radius 1 is 1.28 bits per heavy atom. The van der Waals surface area contributed by atoms with Gasteiger partial charge in [-0.05, 0) is 18.9 Å². The van der Waals surface area contributed by atoms with Crippen LogP contribution in [0.2, 0.25) is 0 Å². The Morgan fingerprint density at radius 2 is 2.00 bits per heavy atom. The Labute approximate surface area is 113 Å². The molecule has 18 heavy (non-hydrogen) atoms. The Hall–Kier alpha value is -1.19. The van der Waals surface area contributed by atoms with Crippen LogP contribution in [0, 0.1) is 0 Å². The number of hydrogen-bond acceptors (Lipinski definition) is 3. The van der Waals surface area contributed by atoms with Gasteiger partial charge in [0.2, 0.25) is 0 Å². The highest BCUT2D eigenvalue weighted by molar-refractivity contribution is 7.13. The SMILES string of the molecule is CCCc1ccc(-c2nc(CC(C)N)cs2)cc1. The van der Waals surface area contributed by atoms with Gasteiger partial charge in [-0.2, -0.15) is 0 Å². The van der Waals surface area contributed by atoms with E-state index in [-0.39, 0.29) is 6.04 Å². The van der Waals surface area contributed by atoms with E-state index in [1.165, 1.54) is 17.5 Å². The number of aromatic nitrogens is 1. The van der Waals surface area contributed by atoms with Crippen molar-refractivity contribution >= 4 is 11.3 Å². The van der Waals surface area contributed by atoms with E-state index in [9.17, 15) is 0 Å². The zero-order valence-corrected chi connectivity index (χ0v) is 11.8. The Bertz CT molecular complexity index is 485. The molecule has 1 aromatic heterocycles. The van der Waals surface area contributed by atoms with E-state index < -0.39 is 0 Å². The first-order valence-electron chi connectivity index (χ1n) is 6.48. The first-order chi connectivity index (χ1) is 8.69. The summed E-state index contributed by atoms with van der Waals surface area (Å²) in [6, 6.07) is 8.91. The number of aryl methyl sites for hydroxylation is 1. The molecule has 0 aliphatic rings. The molecular weight excluding hydrogens is 240 g/mol. The summed E-state index contributed by atoms with van der Waals surface area (Å²) in [5.74, 6) is 0. The Balaban J connectivity index is 2.13. The molecule has 0 amide bonds. The van der Waals surface area contributed by atoms with Crippen LogP contribution < -0.4 is 5.73 Å². The zero-order chi connectivity index (χ0) is 13.0. The number of nitrogens with two attached hydrogens (primary N) is 1. The summed E-state index contributed by atoms with van der Waals surface area (Å²) in [6.45, 7) is 4.22. The van der Waals surface area contributed by atoms with Crippen molar-refractivity contribution in [2.24, 2.45) is 5.73 Å². The van der Waals surface area contributed by atoms with E-state index in [1.54, 1.807) is 11.3 Å². The van der Waals surface area contributed by atoms with Gasteiger partial charge in [0.05, 0.1) is 5.69 Å². The minimum atomic E-state index is 0.173. The highest BCUT2D eigenvalue weighted by atomic mass is 32.1. The van der Waals surface area contributed by atoms with Gasteiger partial charge in [-0.25, -0.2) is 4.98 Å². The fraction of sp³-hybridized carbons (Fsp3) is 0.400. The molecule has 1 heterocycles. The average Bonchev–Trinajstić information content (AvgIpc) is 2.78. The molecular formula is C15H20N2S. The molecule has 0 saturated heterocycles. The number of hydrogen-bond donors (Lipinski definition) is 1. The van der Waals surface area contributed by atoms with Crippen LogP contribution in [0.15, 0.2) is 29.6 Å². The maximum Gasteiger partial charge on any atom is 0.123 e. The fourth-order valence-corrected chi connectivity index (χ4v) is 2.80. The number of benzene rings is 1. The molecule has 0 saturated carbocycles. The highest BCUT2D eigenvalue weighted by Gasteiger charge is 2.06. The second-order valence-corrected chi connectivity index (χ2v) is 5.63. The van der Waals surface area contributed by atoms with Crippen molar-refractivity contribution in [2.45, 2.75) is 39.2 Å². The van der Waals surface area contributed by atoms with Crippen molar-refractivity contribution in [1.82, 2.24) is 4.98 Å². The predicted octanol–water partition coefficient (Wildman–Crippen LogP) is 3.65. The van der Waals surface area contributed by atoms with Gasteiger partial charge in [0.15, 0.2) is 0 Å².